The lowest BCUT2D eigenvalue weighted by Gasteiger charge is -2.39. The van der Waals surface area contributed by atoms with Crippen molar-refractivity contribution in [1.82, 2.24) is 0 Å². The van der Waals surface area contributed by atoms with Crippen molar-refractivity contribution in [2.45, 2.75) is 51.6 Å². The zero-order chi connectivity index (χ0) is 13.0. The molecule has 18 heavy (non-hydrogen) atoms. The van der Waals surface area contributed by atoms with Gasteiger partial charge in [0.2, 0.25) is 0 Å². The highest BCUT2D eigenvalue weighted by molar-refractivity contribution is 5.29. The number of nitriles is 1. The Morgan fingerprint density at radius 3 is 2.56 bits per heavy atom. The van der Waals surface area contributed by atoms with Crippen LogP contribution < -0.4 is 0 Å². The van der Waals surface area contributed by atoms with E-state index in [1.54, 1.807) is 12.2 Å². The van der Waals surface area contributed by atoms with Gasteiger partial charge in [0.15, 0.2) is 0 Å². The molecule has 2 rings (SSSR count). The summed E-state index contributed by atoms with van der Waals surface area (Å²) in [6.45, 7) is 2.22. The Hall–Kier alpha value is -1.10. The minimum absolute atomic E-state index is 0.187. The van der Waals surface area contributed by atoms with Gasteiger partial charge in [-0.05, 0) is 30.8 Å². The molecular formula is C16H22FN. The molecule has 2 heteroatoms. The molecule has 2 aliphatic carbocycles. The molecule has 0 aromatic heterocycles. The van der Waals surface area contributed by atoms with Crippen LogP contribution in [0.15, 0.2) is 24.3 Å². The van der Waals surface area contributed by atoms with Crippen molar-refractivity contribution < 1.29 is 4.39 Å². The maximum absolute atomic E-state index is 14.2. The molecule has 0 aromatic carbocycles. The molecule has 1 nitrogen and oxygen atoms in total. The van der Waals surface area contributed by atoms with Crippen LogP contribution in [0.25, 0.3) is 0 Å². The molecule has 98 valence electrons. The Balaban J connectivity index is 2.05. The molecule has 2 atom stereocenters. The van der Waals surface area contributed by atoms with E-state index in [1.165, 1.54) is 18.9 Å². The average Bonchev–Trinajstić information content (AvgIpc) is 2.41. The van der Waals surface area contributed by atoms with Crippen LogP contribution in [0.2, 0.25) is 0 Å². The number of hydrogen-bond acceptors (Lipinski definition) is 1. The van der Waals surface area contributed by atoms with Crippen LogP contribution in [0, 0.1) is 28.6 Å². The van der Waals surface area contributed by atoms with Gasteiger partial charge in [0.1, 0.15) is 11.6 Å². The lowest BCUT2D eigenvalue weighted by atomic mass is 9.64. The summed E-state index contributed by atoms with van der Waals surface area (Å²) < 4.78 is 14.2. The van der Waals surface area contributed by atoms with Crippen molar-refractivity contribution in [3.63, 3.8) is 0 Å². The Labute approximate surface area is 109 Å². The minimum Gasteiger partial charge on any atom is -0.241 e. The number of rotatable bonds is 3. The molecule has 0 N–H and O–H groups in total. The van der Waals surface area contributed by atoms with Crippen molar-refractivity contribution in [1.29, 1.82) is 5.26 Å². The highest BCUT2D eigenvalue weighted by atomic mass is 19.1. The van der Waals surface area contributed by atoms with Crippen molar-refractivity contribution in [3.8, 4) is 6.07 Å². The predicted molar refractivity (Wildman–Crippen MR) is 71.6 cm³/mol. The molecule has 1 saturated carbocycles. The van der Waals surface area contributed by atoms with E-state index < -0.39 is 11.6 Å². The first-order valence-corrected chi connectivity index (χ1v) is 7.14. The molecule has 0 spiro atoms. The Morgan fingerprint density at radius 1 is 1.28 bits per heavy atom. The van der Waals surface area contributed by atoms with Gasteiger partial charge in [-0.2, -0.15) is 5.26 Å². The van der Waals surface area contributed by atoms with Gasteiger partial charge >= 0.3 is 0 Å². The van der Waals surface area contributed by atoms with E-state index in [1.807, 2.05) is 6.08 Å². The van der Waals surface area contributed by atoms with E-state index in [2.05, 4.69) is 13.0 Å². The molecule has 0 radical (unpaired) electrons. The summed E-state index contributed by atoms with van der Waals surface area (Å²) >= 11 is 0. The lowest BCUT2D eigenvalue weighted by molar-refractivity contribution is 0.120. The average molecular weight is 247 g/mol. The fraction of sp³-hybridized carbons (Fsp3) is 0.688. The molecule has 0 heterocycles. The van der Waals surface area contributed by atoms with E-state index in [9.17, 15) is 9.65 Å². The normalized spacial score (nSPS) is 39.5. The third-order valence-electron chi connectivity index (χ3n) is 4.63. The van der Waals surface area contributed by atoms with Crippen LogP contribution in [0.3, 0.4) is 0 Å². The maximum Gasteiger partial charge on any atom is 0.141 e. The largest absolute Gasteiger partial charge is 0.241 e. The number of allylic oxidation sites excluding steroid dienone is 4. The van der Waals surface area contributed by atoms with Crippen LogP contribution >= 0.6 is 0 Å². The van der Waals surface area contributed by atoms with Gasteiger partial charge in [0.25, 0.3) is 0 Å². The standard InChI is InChI=1S/C16H22FN/c1-2-5-13-7-9-14(10-8-13)16(12-18)11-4-3-6-15(16)17/h3-4,6,11,13-15H,2,5,7-10H2,1H3. The monoisotopic (exact) mass is 247 g/mol. The van der Waals surface area contributed by atoms with E-state index in [0.29, 0.717) is 0 Å². The van der Waals surface area contributed by atoms with E-state index in [-0.39, 0.29) is 5.92 Å². The van der Waals surface area contributed by atoms with Gasteiger partial charge in [0.05, 0.1) is 6.07 Å². The Bertz CT molecular complexity index is 371. The summed E-state index contributed by atoms with van der Waals surface area (Å²) in [5.74, 6) is 0.981. The second-order valence-corrected chi connectivity index (χ2v) is 5.70. The first kappa shape index (κ1) is 13.3. The molecule has 2 aliphatic rings. The molecule has 0 aromatic rings. The first-order valence-electron chi connectivity index (χ1n) is 7.14. The summed E-state index contributed by atoms with van der Waals surface area (Å²) in [6.07, 6.45) is 12.5. The fourth-order valence-corrected chi connectivity index (χ4v) is 3.52. The maximum atomic E-state index is 14.2. The van der Waals surface area contributed by atoms with Crippen molar-refractivity contribution in [3.05, 3.63) is 24.3 Å². The summed E-state index contributed by atoms with van der Waals surface area (Å²) in [5.41, 5.74) is -0.897. The summed E-state index contributed by atoms with van der Waals surface area (Å²) in [7, 11) is 0. The molecule has 0 saturated heterocycles. The third kappa shape index (κ3) is 2.36. The van der Waals surface area contributed by atoms with Gasteiger partial charge in [-0.1, -0.05) is 50.8 Å². The molecule has 2 unspecified atom stereocenters. The molecule has 1 fully saturated rings. The van der Waals surface area contributed by atoms with E-state index in [4.69, 9.17) is 0 Å². The van der Waals surface area contributed by atoms with Gasteiger partial charge in [-0.3, -0.25) is 0 Å². The van der Waals surface area contributed by atoms with Crippen LogP contribution in [0.5, 0.6) is 0 Å². The molecule has 0 bridgehead atoms. The van der Waals surface area contributed by atoms with Crippen LogP contribution in [0.4, 0.5) is 4.39 Å². The van der Waals surface area contributed by atoms with Crippen LogP contribution in [-0.4, -0.2) is 6.17 Å². The zero-order valence-electron chi connectivity index (χ0n) is 11.1. The smallest absolute Gasteiger partial charge is 0.141 e. The SMILES string of the molecule is CCCC1CCC(C2(C#N)C=CC=CC2F)CC1. The molecule has 0 aliphatic heterocycles. The van der Waals surface area contributed by atoms with Crippen LogP contribution in [0.1, 0.15) is 45.4 Å². The van der Waals surface area contributed by atoms with Gasteiger partial charge in [-0.15, -0.1) is 0 Å². The summed E-state index contributed by atoms with van der Waals surface area (Å²) in [5, 5.41) is 9.46. The zero-order valence-corrected chi connectivity index (χ0v) is 11.1. The number of halogens is 1. The quantitative estimate of drug-likeness (QED) is 0.716. The molecule has 0 amide bonds. The second kappa shape index (κ2) is 5.69. The van der Waals surface area contributed by atoms with Crippen molar-refractivity contribution >= 4 is 0 Å². The predicted octanol–water partition coefficient (Wildman–Crippen LogP) is 4.57. The van der Waals surface area contributed by atoms with Gasteiger partial charge in [-0.25, -0.2) is 4.39 Å². The van der Waals surface area contributed by atoms with Crippen molar-refractivity contribution in [2.24, 2.45) is 17.3 Å². The highest BCUT2D eigenvalue weighted by Crippen LogP contribution is 2.46. The lowest BCUT2D eigenvalue weighted by Crippen LogP contribution is -2.39. The summed E-state index contributed by atoms with van der Waals surface area (Å²) in [6, 6.07) is 2.27. The van der Waals surface area contributed by atoms with Crippen molar-refractivity contribution in [2.75, 3.05) is 0 Å². The number of hydrogen-bond donors (Lipinski definition) is 0. The van der Waals surface area contributed by atoms with E-state index in [0.717, 1.165) is 31.6 Å². The molecular weight excluding hydrogens is 225 g/mol. The topological polar surface area (TPSA) is 23.8 Å². The first-order chi connectivity index (χ1) is 8.73. The number of alkyl halides is 1. The number of nitrogens with zero attached hydrogens (tertiary/aromatic N) is 1. The van der Waals surface area contributed by atoms with Gasteiger partial charge < -0.3 is 0 Å². The third-order valence-corrected chi connectivity index (χ3v) is 4.63. The Morgan fingerprint density at radius 2 is 2.00 bits per heavy atom. The second-order valence-electron chi connectivity index (χ2n) is 5.70. The van der Waals surface area contributed by atoms with Gasteiger partial charge in [0, 0.05) is 0 Å². The van der Waals surface area contributed by atoms with E-state index >= 15 is 0 Å². The Kier molecular flexibility index (Phi) is 4.22. The van der Waals surface area contributed by atoms with Crippen LogP contribution in [-0.2, 0) is 0 Å². The highest BCUT2D eigenvalue weighted by Gasteiger charge is 2.45. The minimum atomic E-state index is -1.14. The summed E-state index contributed by atoms with van der Waals surface area (Å²) in [4.78, 5) is 0. The fourth-order valence-electron chi connectivity index (χ4n) is 3.52.